The van der Waals surface area contributed by atoms with Crippen molar-refractivity contribution in [1.29, 1.82) is 0 Å². The molecule has 6 heteroatoms. The SMILES string of the molecule is C[C@@H]1CN(C)c2ccccc2CN1C(=O)NCc1ccon1. The predicted octanol–water partition coefficient (Wildman–Crippen LogP) is 2.22. The predicted molar refractivity (Wildman–Crippen MR) is 83.5 cm³/mol. The molecule has 6 nitrogen and oxygen atoms in total. The van der Waals surface area contributed by atoms with Crippen LogP contribution >= 0.6 is 0 Å². The lowest BCUT2D eigenvalue weighted by Crippen LogP contribution is -2.46. The molecule has 116 valence electrons. The van der Waals surface area contributed by atoms with E-state index in [1.165, 1.54) is 12.0 Å². The smallest absolute Gasteiger partial charge is 0.318 e. The summed E-state index contributed by atoms with van der Waals surface area (Å²) in [6.07, 6.45) is 1.50. The number of aromatic nitrogens is 1. The third-order valence-electron chi connectivity index (χ3n) is 3.99. The summed E-state index contributed by atoms with van der Waals surface area (Å²) >= 11 is 0. The Morgan fingerprint density at radius 3 is 3.00 bits per heavy atom. The summed E-state index contributed by atoms with van der Waals surface area (Å²) in [5.41, 5.74) is 3.06. The van der Waals surface area contributed by atoms with E-state index in [1.54, 1.807) is 6.07 Å². The molecule has 0 aliphatic carbocycles. The summed E-state index contributed by atoms with van der Waals surface area (Å²) in [7, 11) is 2.06. The van der Waals surface area contributed by atoms with E-state index in [-0.39, 0.29) is 12.1 Å². The molecule has 2 amide bonds. The number of likely N-dealkylation sites (N-methyl/N-ethyl adjacent to an activating group) is 1. The molecule has 0 unspecified atom stereocenters. The van der Waals surface area contributed by atoms with Crippen LogP contribution in [0.15, 0.2) is 41.1 Å². The molecule has 22 heavy (non-hydrogen) atoms. The van der Waals surface area contributed by atoms with Crippen LogP contribution in [0.25, 0.3) is 0 Å². The van der Waals surface area contributed by atoms with Gasteiger partial charge in [-0.05, 0) is 18.6 Å². The minimum Gasteiger partial charge on any atom is -0.372 e. The molecule has 0 radical (unpaired) electrons. The highest BCUT2D eigenvalue weighted by Crippen LogP contribution is 2.25. The second-order valence-corrected chi connectivity index (χ2v) is 5.64. The molecule has 0 bridgehead atoms. The Hall–Kier alpha value is -2.50. The highest BCUT2D eigenvalue weighted by atomic mass is 16.5. The van der Waals surface area contributed by atoms with Crippen LogP contribution in [0.2, 0.25) is 0 Å². The first-order valence-corrected chi connectivity index (χ1v) is 7.38. The van der Waals surface area contributed by atoms with Gasteiger partial charge in [-0.1, -0.05) is 23.4 Å². The van der Waals surface area contributed by atoms with Gasteiger partial charge >= 0.3 is 6.03 Å². The standard InChI is InChI=1S/C16H20N4O2/c1-12-10-19(2)15-6-4-3-5-13(15)11-20(12)16(21)17-9-14-7-8-22-18-14/h3-8,12H,9-11H2,1-2H3,(H,17,21)/t12-/m1/s1. The third kappa shape index (κ3) is 2.90. The number of hydrogen-bond donors (Lipinski definition) is 1. The maximum atomic E-state index is 12.5. The molecule has 0 saturated carbocycles. The highest BCUT2D eigenvalue weighted by Gasteiger charge is 2.26. The van der Waals surface area contributed by atoms with Gasteiger partial charge in [-0.2, -0.15) is 0 Å². The fourth-order valence-electron chi connectivity index (χ4n) is 2.82. The van der Waals surface area contributed by atoms with Crippen molar-refractivity contribution < 1.29 is 9.32 Å². The largest absolute Gasteiger partial charge is 0.372 e. The minimum absolute atomic E-state index is 0.0828. The number of carbonyl (C=O) groups excluding carboxylic acids is 1. The Morgan fingerprint density at radius 2 is 2.23 bits per heavy atom. The second kappa shape index (κ2) is 6.09. The molecule has 0 fully saturated rings. The van der Waals surface area contributed by atoms with Crippen molar-refractivity contribution in [1.82, 2.24) is 15.4 Å². The Labute approximate surface area is 129 Å². The molecule has 1 aliphatic heterocycles. The molecular formula is C16H20N4O2. The van der Waals surface area contributed by atoms with E-state index in [0.29, 0.717) is 18.8 Å². The van der Waals surface area contributed by atoms with Gasteiger partial charge in [0.2, 0.25) is 0 Å². The fraction of sp³-hybridized carbons (Fsp3) is 0.375. The van der Waals surface area contributed by atoms with Crippen LogP contribution < -0.4 is 10.2 Å². The number of rotatable bonds is 2. The second-order valence-electron chi connectivity index (χ2n) is 5.64. The number of para-hydroxylation sites is 1. The van der Waals surface area contributed by atoms with Gasteiger partial charge in [0.1, 0.15) is 12.0 Å². The number of hydrogen-bond acceptors (Lipinski definition) is 4. The van der Waals surface area contributed by atoms with E-state index in [2.05, 4.69) is 41.5 Å². The van der Waals surface area contributed by atoms with Crippen LogP contribution in [0.3, 0.4) is 0 Å². The Bertz CT molecular complexity index is 641. The van der Waals surface area contributed by atoms with E-state index in [1.807, 2.05) is 17.0 Å². The number of nitrogens with one attached hydrogen (secondary N) is 1. The van der Waals surface area contributed by atoms with Crippen molar-refractivity contribution in [3.05, 3.63) is 47.9 Å². The maximum Gasteiger partial charge on any atom is 0.318 e. The van der Waals surface area contributed by atoms with Crippen molar-refractivity contribution in [2.45, 2.75) is 26.1 Å². The number of fused-ring (bicyclic) bond motifs is 1. The van der Waals surface area contributed by atoms with E-state index < -0.39 is 0 Å². The molecule has 1 aromatic carbocycles. The van der Waals surface area contributed by atoms with Crippen molar-refractivity contribution >= 4 is 11.7 Å². The van der Waals surface area contributed by atoms with Crippen LogP contribution in [0.5, 0.6) is 0 Å². The van der Waals surface area contributed by atoms with Crippen LogP contribution in [0.1, 0.15) is 18.2 Å². The molecule has 1 aromatic heterocycles. The maximum absolute atomic E-state index is 12.5. The van der Waals surface area contributed by atoms with Crippen molar-refractivity contribution in [3.8, 4) is 0 Å². The van der Waals surface area contributed by atoms with Crippen LogP contribution in [0, 0.1) is 0 Å². The summed E-state index contributed by atoms with van der Waals surface area (Å²) in [6, 6.07) is 9.99. The van der Waals surface area contributed by atoms with Gasteiger partial charge in [-0.3, -0.25) is 0 Å². The third-order valence-corrected chi connectivity index (χ3v) is 3.99. The van der Waals surface area contributed by atoms with Gasteiger partial charge in [0.15, 0.2) is 0 Å². The number of amides is 2. The normalized spacial score (nSPS) is 17.8. The lowest BCUT2D eigenvalue weighted by Gasteiger charge is -2.28. The van der Waals surface area contributed by atoms with Gasteiger partial charge in [0.25, 0.3) is 0 Å². The zero-order valence-corrected chi connectivity index (χ0v) is 12.8. The molecule has 1 atom stereocenters. The van der Waals surface area contributed by atoms with Crippen molar-refractivity contribution in [2.24, 2.45) is 0 Å². The fourth-order valence-corrected chi connectivity index (χ4v) is 2.82. The Balaban J connectivity index is 1.74. The average Bonchev–Trinajstić information content (AvgIpc) is 2.99. The molecule has 1 aliphatic rings. The van der Waals surface area contributed by atoms with Crippen molar-refractivity contribution in [2.75, 3.05) is 18.5 Å². The summed E-state index contributed by atoms with van der Waals surface area (Å²) < 4.78 is 4.77. The van der Waals surface area contributed by atoms with E-state index in [0.717, 1.165) is 12.1 Å². The van der Waals surface area contributed by atoms with Gasteiger partial charge in [-0.25, -0.2) is 4.79 Å². The summed E-state index contributed by atoms with van der Waals surface area (Å²) in [5, 5.41) is 6.71. The van der Waals surface area contributed by atoms with E-state index in [9.17, 15) is 4.79 Å². The number of carbonyl (C=O) groups is 1. The van der Waals surface area contributed by atoms with Gasteiger partial charge in [0.05, 0.1) is 6.54 Å². The van der Waals surface area contributed by atoms with E-state index >= 15 is 0 Å². The molecule has 1 N–H and O–H groups in total. The zero-order chi connectivity index (χ0) is 15.5. The summed E-state index contributed by atoms with van der Waals surface area (Å²) in [5.74, 6) is 0. The Kier molecular flexibility index (Phi) is 4.00. The molecule has 2 aromatic rings. The van der Waals surface area contributed by atoms with E-state index in [4.69, 9.17) is 4.52 Å². The molecule has 3 rings (SSSR count). The number of anilines is 1. The first kappa shape index (κ1) is 14.4. The number of benzene rings is 1. The molecule has 0 saturated heterocycles. The van der Waals surface area contributed by atoms with Gasteiger partial charge < -0.3 is 19.6 Å². The first-order valence-electron chi connectivity index (χ1n) is 7.38. The Morgan fingerprint density at radius 1 is 1.41 bits per heavy atom. The van der Waals surface area contributed by atoms with Gasteiger partial charge in [-0.15, -0.1) is 0 Å². The summed E-state index contributed by atoms with van der Waals surface area (Å²) in [6.45, 7) is 3.84. The lowest BCUT2D eigenvalue weighted by molar-refractivity contribution is 0.177. The lowest BCUT2D eigenvalue weighted by atomic mass is 10.1. The topological polar surface area (TPSA) is 61.6 Å². The van der Waals surface area contributed by atoms with Crippen molar-refractivity contribution in [3.63, 3.8) is 0 Å². The molecule has 0 spiro atoms. The monoisotopic (exact) mass is 300 g/mol. The quantitative estimate of drug-likeness (QED) is 0.924. The minimum atomic E-state index is -0.0828. The summed E-state index contributed by atoms with van der Waals surface area (Å²) in [4.78, 5) is 16.6. The van der Waals surface area contributed by atoms with Gasteiger partial charge in [0, 0.05) is 37.9 Å². The first-order chi connectivity index (χ1) is 10.6. The number of nitrogens with zero attached hydrogens (tertiary/aromatic N) is 3. The average molecular weight is 300 g/mol. The molecular weight excluding hydrogens is 280 g/mol. The van der Waals surface area contributed by atoms with Crippen LogP contribution in [-0.4, -0.2) is 35.7 Å². The highest BCUT2D eigenvalue weighted by molar-refractivity contribution is 5.75. The van der Waals surface area contributed by atoms with Crippen LogP contribution in [0.4, 0.5) is 10.5 Å². The number of urea groups is 1. The zero-order valence-electron chi connectivity index (χ0n) is 12.8. The van der Waals surface area contributed by atoms with Crippen LogP contribution in [-0.2, 0) is 13.1 Å². The molecule has 2 heterocycles.